The molecule has 0 aliphatic carbocycles. The maximum Gasteiger partial charge on any atom is 0.228 e. The molecule has 0 fully saturated rings. The van der Waals surface area contributed by atoms with E-state index in [1.54, 1.807) is 0 Å². The van der Waals surface area contributed by atoms with E-state index in [-0.39, 0.29) is 0 Å². The average molecular weight is 329 g/mol. The SMILES string of the molecule is CCNC(=NCCc1nc(C)no1)NC(C)CCc1ccccc1. The molecular weight excluding hydrogens is 302 g/mol. The van der Waals surface area contributed by atoms with Crippen LogP contribution in [0.25, 0.3) is 0 Å². The van der Waals surface area contributed by atoms with Crippen molar-refractivity contribution >= 4 is 5.96 Å². The lowest BCUT2D eigenvalue weighted by atomic mass is 10.1. The van der Waals surface area contributed by atoms with Crippen LogP contribution >= 0.6 is 0 Å². The van der Waals surface area contributed by atoms with Crippen LogP contribution in [-0.4, -0.2) is 35.2 Å². The summed E-state index contributed by atoms with van der Waals surface area (Å²) in [4.78, 5) is 8.77. The van der Waals surface area contributed by atoms with E-state index in [9.17, 15) is 0 Å². The molecular formula is C18H27N5O. The molecule has 1 aromatic carbocycles. The number of aromatic nitrogens is 2. The normalized spacial score (nSPS) is 12.9. The summed E-state index contributed by atoms with van der Waals surface area (Å²) in [7, 11) is 0. The van der Waals surface area contributed by atoms with Crippen LogP contribution in [0.5, 0.6) is 0 Å². The summed E-state index contributed by atoms with van der Waals surface area (Å²) >= 11 is 0. The number of aryl methyl sites for hydroxylation is 2. The highest BCUT2D eigenvalue weighted by Crippen LogP contribution is 2.04. The van der Waals surface area contributed by atoms with Gasteiger partial charge in [-0.25, -0.2) is 0 Å². The Labute approximate surface area is 143 Å². The molecule has 0 radical (unpaired) electrons. The van der Waals surface area contributed by atoms with Crippen molar-refractivity contribution in [1.29, 1.82) is 0 Å². The first-order valence-corrected chi connectivity index (χ1v) is 8.55. The molecule has 2 aromatic rings. The third kappa shape index (κ3) is 6.40. The van der Waals surface area contributed by atoms with Gasteiger partial charge in [-0.3, -0.25) is 4.99 Å². The van der Waals surface area contributed by atoms with E-state index in [0.717, 1.165) is 25.3 Å². The van der Waals surface area contributed by atoms with Gasteiger partial charge in [-0.2, -0.15) is 4.98 Å². The number of hydrogen-bond donors (Lipinski definition) is 2. The summed E-state index contributed by atoms with van der Waals surface area (Å²) in [6.45, 7) is 7.50. The van der Waals surface area contributed by atoms with Gasteiger partial charge in [0.05, 0.1) is 6.54 Å². The number of guanidine groups is 1. The van der Waals surface area contributed by atoms with Crippen LogP contribution in [-0.2, 0) is 12.8 Å². The zero-order chi connectivity index (χ0) is 17.2. The lowest BCUT2D eigenvalue weighted by Crippen LogP contribution is -2.42. The fraction of sp³-hybridized carbons (Fsp3) is 0.500. The first-order valence-electron chi connectivity index (χ1n) is 8.55. The van der Waals surface area contributed by atoms with Gasteiger partial charge >= 0.3 is 0 Å². The summed E-state index contributed by atoms with van der Waals surface area (Å²) < 4.78 is 5.10. The topological polar surface area (TPSA) is 75.3 Å². The van der Waals surface area contributed by atoms with Crippen molar-refractivity contribution in [2.24, 2.45) is 4.99 Å². The molecule has 24 heavy (non-hydrogen) atoms. The number of aliphatic imine (C=N–C) groups is 1. The molecule has 0 saturated heterocycles. The molecule has 2 rings (SSSR count). The smallest absolute Gasteiger partial charge is 0.228 e. The molecule has 1 atom stereocenters. The maximum atomic E-state index is 5.10. The van der Waals surface area contributed by atoms with E-state index < -0.39 is 0 Å². The minimum atomic E-state index is 0.341. The van der Waals surface area contributed by atoms with E-state index in [4.69, 9.17) is 4.52 Å². The van der Waals surface area contributed by atoms with Crippen LogP contribution in [0.1, 0.15) is 37.5 Å². The third-order valence-corrected chi connectivity index (χ3v) is 3.60. The minimum Gasteiger partial charge on any atom is -0.357 e. The van der Waals surface area contributed by atoms with Gasteiger partial charge in [0, 0.05) is 19.0 Å². The standard InChI is InChI=1S/C18H27N5O/c1-4-19-18(20-13-12-17-22-15(3)23-24-17)21-14(2)10-11-16-8-6-5-7-9-16/h5-9,14H,4,10-13H2,1-3H3,(H2,19,20,21). The Hall–Kier alpha value is -2.37. The van der Waals surface area contributed by atoms with Crippen molar-refractivity contribution in [3.05, 3.63) is 47.6 Å². The Bertz CT molecular complexity index is 623. The summed E-state index contributed by atoms with van der Waals surface area (Å²) in [5, 5.41) is 10.5. The fourth-order valence-corrected chi connectivity index (χ4v) is 2.36. The minimum absolute atomic E-state index is 0.341. The summed E-state index contributed by atoms with van der Waals surface area (Å²) in [5.74, 6) is 2.12. The van der Waals surface area contributed by atoms with Gasteiger partial charge in [0.25, 0.3) is 0 Å². The van der Waals surface area contributed by atoms with Crippen LogP contribution in [0.2, 0.25) is 0 Å². The van der Waals surface area contributed by atoms with Gasteiger partial charge in [-0.05, 0) is 39.2 Å². The lowest BCUT2D eigenvalue weighted by molar-refractivity contribution is 0.376. The largest absolute Gasteiger partial charge is 0.357 e. The molecule has 0 amide bonds. The Morgan fingerprint density at radius 3 is 2.71 bits per heavy atom. The lowest BCUT2D eigenvalue weighted by Gasteiger charge is -2.17. The van der Waals surface area contributed by atoms with Gasteiger partial charge in [0.15, 0.2) is 11.8 Å². The number of nitrogens with zero attached hydrogens (tertiary/aromatic N) is 3. The second kappa shape index (κ2) is 9.70. The van der Waals surface area contributed by atoms with Crippen molar-refractivity contribution in [1.82, 2.24) is 20.8 Å². The Kier molecular flexibility index (Phi) is 7.26. The average Bonchev–Trinajstić information content (AvgIpc) is 2.99. The van der Waals surface area contributed by atoms with Crippen LogP contribution in [0.15, 0.2) is 39.8 Å². The molecule has 1 unspecified atom stereocenters. The van der Waals surface area contributed by atoms with Gasteiger partial charge in [-0.1, -0.05) is 35.5 Å². The number of nitrogens with one attached hydrogen (secondary N) is 2. The molecule has 0 aliphatic rings. The van der Waals surface area contributed by atoms with Crippen molar-refractivity contribution in [2.45, 2.75) is 46.1 Å². The molecule has 0 bridgehead atoms. The molecule has 2 N–H and O–H groups in total. The summed E-state index contributed by atoms with van der Waals surface area (Å²) in [6.07, 6.45) is 2.75. The van der Waals surface area contributed by atoms with Gasteiger partial charge in [0.1, 0.15) is 0 Å². The molecule has 1 aromatic heterocycles. The van der Waals surface area contributed by atoms with Crippen molar-refractivity contribution < 1.29 is 4.52 Å². The highest BCUT2D eigenvalue weighted by atomic mass is 16.5. The van der Waals surface area contributed by atoms with Gasteiger partial charge < -0.3 is 15.2 Å². The molecule has 6 nitrogen and oxygen atoms in total. The summed E-state index contributed by atoms with van der Waals surface area (Å²) in [5.41, 5.74) is 1.36. The second-order valence-corrected chi connectivity index (χ2v) is 5.82. The first-order chi connectivity index (χ1) is 11.7. The van der Waals surface area contributed by atoms with E-state index in [2.05, 4.69) is 63.9 Å². The Morgan fingerprint density at radius 1 is 1.25 bits per heavy atom. The van der Waals surface area contributed by atoms with E-state index >= 15 is 0 Å². The van der Waals surface area contributed by atoms with Gasteiger partial charge in [-0.15, -0.1) is 0 Å². The zero-order valence-electron chi connectivity index (χ0n) is 14.7. The maximum absolute atomic E-state index is 5.10. The predicted octanol–water partition coefficient (Wildman–Crippen LogP) is 2.50. The second-order valence-electron chi connectivity index (χ2n) is 5.82. The monoisotopic (exact) mass is 329 g/mol. The predicted molar refractivity (Wildman–Crippen MR) is 96.1 cm³/mol. The van der Waals surface area contributed by atoms with E-state index in [0.29, 0.717) is 30.7 Å². The van der Waals surface area contributed by atoms with Crippen LogP contribution in [0.3, 0.4) is 0 Å². The van der Waals surface area contributed by atoms with Crippen LogP contribution in [0.4, 0.5) is 0 Å². The number of benzene rings is 1. The van der Waals surface area contributed by atoms with Crippen molar-refractivity contribution in [3.63, 3.8) is 0 Å². The first kappa shape index (κ1) is 18.0. The number of rotatable bonds is 8. The van der Waals surface area contributed by atoms with Gasteiger partial charge in [0.2, 0.25) is 5.89 Å². The Morgan fingerprint density at radius 2 is 2.04 bits per heavy atom. The molecule has 6 heteroatoms. The molecule has 1 heterocycles. The zero-order valence-corrected chi connectivity index (χ0v) is 14.7. The van der Waals surface area contributed by atoms with E-state index in [1.807, 2.05) is 13.0 Å². The Balaban J connectivity index is 1.79. The molecule has 0 saturated carbocycles. The van der Waals surface area contributed by atoms with Crippen molar-refractivity contribution in [2.75, 3.05) is 13.1 Å². The van der Waals surface area contributed by atoms with Crippen molar-refractivity contribution in [3.8, 4) is 0 Å². The summed E-state index contributed by atoms with van der Waals surface area (Å²) in [6, 6.07) is 10.9. The quantitative estimate of drug-likeness (QED) is 0.575. The highest BCUT2D eigenvalue weighted by Gasteiger charge is 2.06. The third-order valence-electron chi connectivity index (χ3n) is 3.60. The highest BCUT2D eigenvalue weighted by molar-refractivity contribution is 5.80. The van der Waals surface area contributed by atoms with Crippen LogP contribution < -0.4 is 10.6 Å². The molecule has 0 spiro atoms. The van der Waals surface area contributed by atoms with E-state index in [1.165, 1.54) is 5.56 Å². The molecule has 130 valence electrons. The number of hydrogen-bond acceptors (Lipinski definition) is 4. The molecule has 0 aliphatic heterocycles. The van der Waals surface area contributed by atoms with Crippen LogP contribution in [0, 0.1) is 6.92 Å². The fourth-order valence-electron chi connectivity index (χ4n) is 2.36.